The maximum Gasteiger partial charge on any atom is 0.412 e. The SMILES string of the molecule is CCOC(=O)c1c2c(n3ccc(NC(=O)OC(C)(C)C)cc13)C(=O)c1ncccc1C2=O. The van der Waals surface area contributed by atoms with Gasteiger partial charge in [0.15, 0.2) is 5.78 Å². The van der Waals surface area contributed by atoms with Gasteiger partial charge in [0.25, 0.3) is 0 Å². The normalized spacial score (nSPS) is 12.9. The van der Waals surface area contributed by atoms with Crippen molar-refractivity contribution >= 4 is 34.8 Å². The van der Waals surface area contributed by atoms with Crippen LogP contribution >= 0.6 is 0 Å². The van der Waals surface area contributed by atoms with Crippen molar-refractivity contribution in [2.75, 3.05) is 11.9 Å². The second-order valence-electron chi connectivity index (χ2n) is 8.17. The van der Waals surface area contributed by atoms with Gasteiger partial charge < -0.3 is 13.9 Å². The van der Waals surface area contributed by atoms with Gasteiger partial charge in [-0.1, -0.05) is 0 Å². The molecule has 0 aromatic carbocycles. The molecule has 32 heavy (non-hydrogen) atoms. The molecule has 0 unspecified atom stereocenters. The number of nitrogens with zero attached hydrogens (tertiary/aromatic N) is 2. The van der Waals surface area contributed by atoms with Gasteiger partial charge in [-0.15, -0.1) is 0 Å². The Balaban J connectivity index is 1.90. The fourth-order valence-electron chi connectivity index (χ4n) is 3.62. The van der Waals surface area contributed by atoms with E-state index in [9.17, 15) is 19.2 Å². The minimum absolute atomic E-state index is 0.0239. The maximum atomic E-state index is 13.3. The van der Waals surface area contributed by atoms with Crippen LogP contribution in [0.5, 0.6) is 0 Å². The number of ether oxygens (including phenoxy) is 2. The molecule has 0 aliphatic heterocycles. The number of ketones is 2. The van der Waals surface area contributed by atoms with Crippen LogP contribution in [-0.2, 0) is 9.47 Å². The molecule has 0 radical (unpaired) electrons. The predicted octanol–water partition coefficient (Wildman–Crippen LogP) is 3.63. The minimum Gasteiger partial charge on any atom is -0.462 e. The third-order valence-electron chi connectivity index (χ3n) is 4.77. The first-order valence-electron chi connectivity index (χ1n) is 10.0. The van der Waals surface area contributed by atoms with Gasteiger partial charge in [0.1, 0.15) is 17.0 Å². The van der Waals surface area contributed by atoms with E-state index in [2.05, 4.69) is 10.3 Å². The summed E-state index contributed by atoms with van der Waals surface area (Å²) in [5.41, 5.74) is -0.0294. The molecule has 1 N–H and O–H groups in total. The van der Waals surface area contributed by atoms with E-state index in [4.69, 9.17) is 9.47 Å². The second-order valence-corrected chi connectivity index (χ2v) is 8.17. The summed E-state index contributed by atoms with van der Waals surface area (Å²) in [5, 5.41) is 2.60. The Morgan fingerprint density at radius 3 is 2.59 bits per heavy atom. The van der Waals surface area contributed by atoms with Gasteiger partial charge in [0.2, 0.25) is 5.78 Å². The van der Waals surface area contributed by atoms with Gasteiger partial charge in [0, 0.05) is 18.1 Å². The van der Waals surface area contributed by atoms with E-state index in [0.29, 0.717) is 5.69 Å². The maximum absolute atomic E-state index is 13.3. The van der Waals surface area contributed by atoms with Crippen LogP contribution in [0.1, 0.15) is 70.2 Å². The number of amides is 1. The molecule has 164 valence electrons. The summed E-state index contributed by atoms with van der Waals surface area (Å²) in [7, 11) is 0. The van der Waals surface area contributed by atoms with Crippen LogP contribution in [0.15, 0.2) is 36.7 Å². The predicted molar refractivity (Wildman–Crippen MR) is 114 cm³/mol. The molecule has 3 aromatic heterocycles. The topological polar surface area (TPSA) is 116 Å². The smallest absolute Gasteiger partial charge is 0.412 e. The number of anilines is 1. The molecule has 9 nitrogen and oxygen atoms in total. The van der Waals surface area contributed by atoms with Crippen LogP contribution in [0.4, 0.5) is 10.5 Å². The molecule has 0 spiro atoms. The number of nitrogens with one attached hydrogen (secondary N) is 1. The number of carbonyl (C=O) groups excluding carboxylic acids is 4. The van der Waals surface area contributed by atoms with E-state index in [1.807, 2.05) is 0 Å². The molecule has 0 saturated heterocycles. The third kappa shape index (κ3) is 3.51. The first kappa shape index (κ1) is 21.2. The highest BCUT2D eigenvalue weighted by Crippen LogP contribution is 2.34. The summed E-state index contributed by atoms with van der Waals surface area (Å²) in [6, 6.07) is 6.08. The average Bonchev–Trinajstić information content (AvgIpc) is 3.05. The van der Waals surface area contributed by atoms with E-state index >= 15 is 0 Å². The highest BCUT2D eigenvalue weighted by molar-refractivity contribution is 6.31. The number of pyridine rings is 2. The first-order chi connectivity index (χ1) is 15.1. The number of carbonyl (C=O) groups is 4. The number of hydrogen-bond acceptors (Lipinski definition) is 7. The quantitative estimate of drug-likeness (QED) is 0.489. The van der Waals surface area contributed by atoms with Gasteiger partial charge in [-0.3, -0.25) is 19.9 Å². The molecule has 4 rings (SSSR count). The number of rotatable bonds is 3. The number of esters is 1. The highest BCUT2D eigenvalue weighted by Gasteiger charge is 2.39. The monoisotopic (exact) mass is 435 g/mol. The zero-order valence-corrected chi connectivity index (χ0v) is 18.0. The largest absolute Gasteiger partial charge is 0.462 e. The Labute approximate surface area is 183 Å². The lowest BCUT2D eigenvalue weighted by Crippen LogP contribution is -2.27. The summed E-state index contributed by atoms with van der Waals surface area (Å²) in [5.74, 6) is -1.71. The van der Waals surface area contributed by atoms with Crippen LogP contribution < -0.4 is 5.32 Å². The van der Waals surface area contributed by atoms with E-state index in [1.165, 1.54) is 35.0 Å². The van der Waals surface area contributed by atoms with Gasteiger partial charge >= 0.3 is 12.1 Å². The standard InChI is InChI=1S/C23H21N3O6/c1-5-31-21(29)15-14-11-12(25-22(30)32-23(2,3)4)8-10-26(14)18-16(15)19(27)13-7-6-9-24-17(13)20(18)28/h6-11H,5H2,1-4H3,(H,25,30). The van der Waals surface area contributed by atoms with Crippen molar-refractivity contribution in [2.24, 2.45) is 0 Å². The average molecular weight is 435 g/mol. The molecule has 0 atom stereocenters. The molecule has 9 heteroatoms. The Kier molecular flexibility index (Phi) is 5.04. The van der Waals surface area contributed by atoms with Gasteiger partial charge in [-0.25, -0.2) is 9.59 Å². The lowest BCUT2D eigenvalue weighted by Gasteiger charge is -2.19. The van der Waals surface area contributed by atoms with Crippen molar-refractivity contribution in [3.05, 3.63) is 64.7 Å². The van der Waals surface area contributed by atoms with Crippen LogP contribution in [0.2, 0.25) is 0 Å². The number of fused-ring (bicyclic) bond motifs is 4. The Hall–Kier alpha value is -4.01. The van der Waals surface area contributed by atoms with E-state index in [1.54, 1.807) is 33.8 Å². The molecule has 1 amide bonds. The van der Waals surface area contributed by atoms with Crippen LogP contribution in [0.25, 0.3) is 5.52 Å². The summed E-state index contributed by atoms with van der Waals surface area (Å²) >= 11 is 0. The minimum atomic E-state index is -0.742. The lowest BCUT2D eigenvalue weighted by atomic mass is 9.89. The van der Waals surface area contributed by atoms with Crippen molar-refractivity contribution in [1.29, 1.82) is 0 Å². The molecule has 1 aliphatic carbocycles. The first-order valence-corrected chi connectivity index (χ1v) is 10.0. The Morgan fingerprint density at radius 2 is 1.91 bits per heavy atom. The fourth-order valence-corrected chi connectivity index (χ4v) is 3.62. The van der Waals surface area contributed by atoms with Crippen molar-refractivity contribution in [3.63, 3.8) is 0 Å². The van der Waals surface area contributed by atoms with Crippen LogP contribution in [0, 0.1) is 0 Å². The lowest BCUT2D eigenvalue weighted by molar-refractivity contribution is 0.0525. The summed E-state index contributed by atoms with van der Waals surface area (Å²) in [6.07, 6.45) is 2.25. The van der Waals surface area contributed by atoms with Crippen LogP contribution in [0.3, 0.4) is 0 Å². The summed E-state index contributed by atoms with van der Waals surface area (Å²) in [6.45, 7) is 6.93. The zero-order valence-electron chi connectivity index (χ0n) is 18.0. The molecular weight excluding hydrogens is 414 g/mol. The Bertz CT molecular complexity index is 1300. The molecule has 3 aromatic rings. The van der Waals surface area contributed by atoms with E-state index in [0.717, 1.165) is 0 Å². The molecule has 3 heterocycles. The summed E-state index contributed by atoms with van der Waals surface area (Å²) < 4.78 is 11.9. The number of aromatic nitrogens is 2. The van der Waals surface area contributed by atoms with Gasteiger partial charge in [-0.05, 0) is 52.0 Å². The molecule has 1 aliphatic rings. The second kappa shape index (κ2) is 7.60. The summed E-state index contributed by atoms with van der Waals surface area (Å²) in [4.78, 5) is 55.6. The van der Waals surface area contributed by atoms with Gasteiger partial charge in [0.05, 0.1) is 28.8 Å². The van der Waals surface area contributed by atoms with Crippen molar-refractivity contribution in [2.45, 2.75) is 33.3 Å². The van der Waals surface area contributed by atoms with Crippen molar-refractivity contribution < 1.29 is 28.7 Å². The zero-order chi connectivity index (χ0) is 23.2. The fraction of sp³-hybridized carbons (Fsp3) is 0.261. The van der Waals surface area contributed by atoms with Gasteiger partial charge in [-0.2, -0.15) is 0 Å². The van der Waals surface area contributed by atoms with Crippen molar-refractivity contribution in [1.82, 2.24) is 9.38 Å². The van der Waals surface area contributed by atoms with Crippen LogP contribution in [-0.4, -0.2) is 45.2 Å². The van der Waals surface area contributed by atoms with Crippen molar-refractivity contribution in [3.8, 4) is 0 Å². The molecular formula is C23H21N3O6. The van der Waals surface area contributed by atoms with E-state index in [-0.39, 0.29) is 40.2 Å². The Morgan fingerprint density at radius 1 is 1.16 bits per heavy atom. The molecule has 0 fully saturated rings. The molecule has 0 bridgehead atoms. The van der Waals surface area contributed by atoms with E-state index < -0.39 is 29.2 Å². The number of hydrogen-bond donors (Lipinski definition) is 1. The third-order valence-corrected chi connectivity index (χ3v) is 4.77. The molecule has 0 saturated carbocycles. The highest BCUT2D eigenvalue weighted by atomic mass is 16.6.